The third-order valence-electron chi connectivity index (χ3n) is 3.33. The van der Waals surface area contributed by atoms with Crippen molar-refractivity contribution in [2.75, 3.05) is 0 Å². The van der Waals surface area contributed by atoms with Gasteiger partial charge in [0.25, 0.3) is 0 Å². The Hall–Kier alpha value is -1.15. The Bertz CT molecular complexity index is 387. The van der Waals surface area contributed by atoms with Gasteiger partial charge in [-0.05, 0) is 17.4 Å². The van der Waals surface area contributed by atoms with Gasteiger partial charge < -0.3 is 5.73 Å². The first kappa shape index (κ1) is 14.9. The maximum absolute atomic E-state index is 12.1. The number of rotatable bonds is 5. The molecule has 0 saturated carbocycles. The molecule has 1 atom stereocenters. The maximum Gasteiger partial charge on any atom is 0.164 e. The second-order valence-corrected chi connectivity index (χ2v) is 6.05. The number of carbonyl (C=O) groups is 1. The Balaban J connectivity index is 2.67. The molecule has 2 N–H and O–H groups in total. The van der Waals surface area contributed by atoms with E-state index in [1.54, 1.807) is 0 Å². The minimum atomic E-state index is -0.0969. The number of carbonyl (C=O) groups excluding carboxylic acids is 1. The summed E-state index contributed by atoms with van der Waals surface area (Å²) in [5.74, 6) is 0.139. The van der Waals surface area contributed by atoms with Crippen molar-refractivity contribution in [3.8, 4) is 0 Å². The zero-order valence-corrected chi connectivity index (χ0v) is 12.0. The Kier molecular flexibility index (Phi) is 5.09. The monoisotopic (exact) mass is 247 g/mol. The number of hydrogen-bond donors (Lipinski definition) is 1. The molecule has 0 heterocycles. The fourth-order valence-corrected chi connectivity index (χ4v) is 1.77. The van der Waals surface area contributed by atoms with Gasteiger partial charge in [0.05, 0.1) is 0 Å². The van der Waals surface area contributed by atoms with Crippen LogP contribution < -0.4 is 5.73 Å². The molecule has 0 aliphatic carbocycles. The molecule has 100 valence electrons. The first-order chi connectivity index (χ1) is 8.34. The summed E-state index contributed by atoms with van der Waals surface area (Å²) in [6.45, 7) is 8.35. The van der Waals surface area contributed by atoms with Gasteiger partial charge in [0.1, 0.15) is 0 Å². The Labute approximate surface area is 111 Å². The summed E-state index contributed by atoms with van der Waals surface area (Å²) in [6, 6.07) is 7.82. The molecule has 0 aliphatic rings. The molecule has 0 aromatic heterocycles. The number of hydrogen-bond acceptors (Lipinski definition) is 2. The average molecular weight is 247 g/mol. The molecule has 0 saturated heterocycles. The van der Waals surface area contributed by atoms with Crippen molar-refractivity contribution in [2.24, 2.45) is 11.1 Å². The molecule has 0 radical (unpaired) electrons. The van der Waals surface area contributed by atoms with E-state index in [1.165, 1.54) is 5.56 Å². The van der Waals surface area contributed by atoms with Crippen LogP contribution in [0.5, 0.6) is 0 Å². The molecule has 0 amide bonds. The van der Waals surface area contributed by atoms with Gasteiger partial charge in [0.15, 0.2) is 5.78 Å². The molecule has 0 aliphatic heterocycles. The van der Waals surface area contributed by atoms with Gasteiger partial charge in [0, 0.05) is 18.0 Å². The van der Waals surface area contributed by atoms with Gasteiger partial charge in [-0.1, -0.05) is 58.4 Å². The molecule has 0 fully saturated rings. The van der Waals surface area contributed by atoms with E-state index in [0.29, 0.717) is 6.42 Å². The minimum absolute atomic E-state index is 0.0299. The van der Waals surface area contributed by atoms with E-state index >= 15 is 0 Å². The summed E-state index contributed by atoms with van der Waals surface area (Å²) >= 11 is 0. The van der Waals surface area contributed by atoms with E-state index in [2.05, 4.69) is 27.7 Å². The highest BCUT2D eigenvalue weighted by Gasteiger charge is 2.23. The van der Waals surface area contributed by atoms with Gasteiger partial charge in [-0.25, -0.2) is 0 Å². The zero-order valence-electron chi connectivity index (χ0n) is 12.0. The highest BCUT2D eigenvalue weighted by Crippen LogP contribution is 2.21. The molecule has 1 aromatic rings. The predicted octanol–water partition coefficient (Wildman–Crippen LogP) is 3.59. The molecule has 1 unspecified atom stereocenters. The van der Waals surface area contributed by atoms with Crippen LogP contribution in [0.4, 0.5) is 0 Å². The lowest BCUT2D eigenvalue weighted by Gasteiger charge is -2.26. The molecule has 0 spiro atoms. The highest BCUT2D eigenvalue weighted by atomic mass is 16.1. The van der Waals surface area contributed by atoms with Gasteiger partial charge in [-0.2, -0.15) is 0 Å². The van der Waals surface area contributed by atoms with Crippen LogP contribution in [0.25, 0.3) is 0 Å². The van der Waals surface area contributed by atoms with Crippen molar-refractivity contribution in [1.29, 1.82) is 0 Å². The van der Waals surface area contributed by atoms with E-state index in [-0.39, 0.29) is 17.2 Å². The van der Waals surface area contributed by atoms with Crippen LogP contribution in [-0.2, 0) is 6.42 Å². The molecule has 1 aromatic carbocycles. The van der Waals surface area contributed by atoms with E-state index in [4.69, 9.17) is 5.73 Å². The van der Waals surface area contributed by atoms with Gasteiger partial charge in [0.2, 0.25) is 0 Å². The average Bonchev–Trinajstić information content (AvgIpc) is 2.29. The minimum Gasteiger partial charge on any atom is -0.327 e. The lowest BCUT2D eigenvalue weighted by molar-refractivity contribution is 0.0953. The Morgan fingerprint density at radius 3 is 2.22 bits per heavy atom. The third kappa shape index (κ3) is 4.26. The first-order valence-electron chi connectivity index (χ1n) is 6.72. The molecular formula is C16H25NO. The SMILES string of the molecule is CCCc1ccc(C(=O)CC(N)C(C)(C)C)cc1. The predicted molar refractivity (Wildman–Crippen MR) is 76.8 cm³/mol. The number of benzene rings is 1. The number of aryl methyl sites for hydroxylation is 1. The van der Waals surface area contributed by atoms with Crippen LogP contribution >= 0.6 is 0 Å². The molecule has 1 rings (SSSR count). The van der Waals surface area contributed by atoms with Crippen molar-refractivity contribution in [1.82, 2.24) is 0 Å². The number of Topliss-reactive ketones (excluding diaryl/α,β-unsaturated/α-hetero) is 1. The van der Waals surface area contributed by atoms with Crippen molar-refractivity contribution in [3.63, 3.8) is 0 Å². The summed E-state index contributed by atoms with van der Waals surface area (Å²) in [6.07, 6.45) is 2.61. The van der Waals surface area contributed by atoms with Crippen LogP contribution in [0.15, 0.2) is 24.3 Å². The van der Waals surface area contributed by atoms with Crippen LogP contribution in [-0.4, -0.2) is 11.8 Å². The van der Waals surface area contributed by atoms with E-state index in [0.717, 1.165) is 18.4 Å². The lowest BCUT2D eigenvalue weighted by atomic mass is 9.83. The van der Waals surface area contributed by atoms with Gasteiger partial charge in [-0.3, -0.25) is 4.79 Å². The van der Waals surface area contributed by atoms with Crippen molar-refractivity contribution < 1.29 is 4.79 Å². The maximum atomic E-state index is 12.1. The normalized spacial score (nSPS) is 13.4. The smallest absolute Gasteiger partial charge is 0.164 e. The lowest BCUT2D eigenvalue weighted by Crippen LogP contribution is -2.36. The highest BCUT2D eigenvalue weighted by molar-refractivity contribution is 5.96. The topological polar surface area (TPSA) is 43.1 Å². The molecular weight excluding hydrogens is 222 g/mol. The largest absolute Gasteiger partial charge is 0.327 e. The van der Waals surface area contributed by atoms with Crippen molar-refractivity contribution in [3.05, 3.63) is 35.4 Å². The summed E-state index contributed by atoms with van der Waals surface area (Å²) in [5.41, 5.74) is 8.07. The summed E-state index contributed by atoms with van der Waals surface area (Å²) in [4.78, 5) is 12.1. The van der Waals surface area contributed by atoms with E-state index < -0.39 is 0 Å². The quantitative estimate of drug-likeness (QED) is 0.808. The second-order valence-electron chi connectivity index (χ2n) is 6.05. The standard InChI is InChI=1S/C16H25NO/c1-5-6-12-7-9-13(10-8-12)14(18)11-15(17)16(2,3)4/h7-10,15H,5-6,11,17H2,1-4H3. The summed E-state index contributed by atoms with van der Waals surface area (Å²) < 4.78 is 0. The van der Waals surface area contributed by atoms with Gasteiger partial charge in [-0.15, -0.1) is 0 Å². The molecule has 18 heavy (non-hydrogen) atoms. The second kappa shape index (κ2) is 6.14. The fraction of sp³-hybridized carbons (Fsp3) is 0.562. The number of ketones is 1. The van der Waals surface area contributed by atoms with Crippen LogP contribution in [0.2, 0.25) is 0 Å². The van der Waals surface area contributed by atoms with Crippen LogP contribution in [0.3, 0.4) is 0 Å². The Morgan fingerprint density at radius 2 is 1.78 bits per heavy atom. The van der Waals surface area contributed by atoms with Crippen LogP contribution in [0.1, 0.15) is 56.5 Å². The fourth-order valence-electron chi connectivity index (χ4n) is 1.77. The van der Waals surface area contributed by atoms with Crippen molar-refractivity contribution >= 4 is 5.78 Å². The third-order valence-corrected chi connectivity index (χ3v) is 3.33. The van der Waals surface area contributed by atoms with Crippen molar-refractivity contribution in [2.45, 2.75) is 53.0 Å². The molecule has 2 nitrogen and oxygen atoms in total. The Morgan fingerprint density at radius 1 is 1.22 bits per heavy atom. The first-order valence-corrected chi connectivity index (χ1v) is 6.72. The zero-order chi connectivity index (χ0) is 13.8. The summed E-state index contributed by atoms with van der Waals surface area (Å²) in [5, 5.41) is 0. The van der Waals surface area contributed by atoms with E-state index in [9.17, 15) is 4.79 Å². The summed E-state index contributed by atoms with van der Waals surface area (Å²) in [7, 11) is 0. The van der Waals surface area contributed by atoms with E-state index in [1.807, 2.05) is 24.3 Å². The molecule has 2 heteroatoms. The number of nitrogens with two attached hydrogens (primary N) is 1. The van der Waals surface area contributed by atoms with Gasteiger partial charge >= 0.3 is 0 Å². The van der Waals surface area contributed by atoms with Crippen LogP contribution in [0, 0.1) is 5.41 Å². The molecule has 0 bridgehead atoms.